The summed E-state index contributed by atoms with van der Waals surface area (Å²) in [7, 11) is 0. The summed E-state index contributed by atoms with van der Waals surface area (Å²) in [6, 6.07) is 0. The summed E-state index contributed by atoms with van der Waals surface area (Å²) in [5.74, 6) is 2.09. The van der Waals surface area contributed by atoms with Gasteiger partial charge in [-0.15, -0.1) is 11.8 Å². The van der Waals surface area contributed by atoms with Gasteiger partial charge in [0.05, 0.1) is 0 Å². The highest BCUT2D eigenvalue weighted by atomic mass is 32.2. The van der Waals surface area contributed by atoms with Crippen molar-refractivity contribution in [2.45, 2.75) is 25.3 Å². The number of anilines is 1. The van der Waals surface area contributed by atoms with Crippen LogP contribution in [0.3, 0.4) is 0 Å². The lowest BCUT2D eigenvalue weighted by Gasteiger charge is -2.05. The Morgan fingerprint density at radius 2 is 2.33 bits per heavy atom. The minimum atomic E-state index is 0.199. The van der Waals surface area contributed by atoms with Crippen LogP contribution < -0.4 is 5.73 Å². The molecule has 7 heteroatoms. The Balaban J connectivity index is 1.96. The number of aromatic nitrogens is 4. The fraction of sp³-hybridized carbons (Fsp3) is 0.500. The predicted octanol–water partition coefficient (Wildman–Crippen LogP) is 2.01. The molecule has 21 heavy (non-hydrogen) atoms. The number of thioether (sulfide) groups is 1. The third-order valence-corrected chi connectivity index (χ3v) is 4.72. The standard InChI is InChI=1S/C14H19N5OS/c1-8(2)6-21-13-11-12(17-14(15)18-13)19(7-16-11)4-9-3-10(9)5-20/h4,7-8,10,20H,3,5-6H2,1-2H3,(H2,15,17,18)/b9-4-/t10-/m1/s1. The topological polar surface area (TPSA) is 89.9 Å². The molecule has 3 N–H and O–H groups in total. The number of nitrogen functional groups attached to an aromatic ring is 1. The monoisotopic (exact) mass is 305 g/mol. The summed E-state index contributed by atoms with van der Waals surface area (Å²) in [5, 5.41) is 9.95. The van der Waals surface area contributed by atoms with Crippen molar-refractivity contribution >= 4 is 35.1 Å². The molecule has 1 aliphatic carbocycles. The van der Waals surface area contributed by atoms with Gasteiger partial charge in [0, 0.05) is 24.5 Å². The molecule has 1 aliphatic rings. The third kappa shape index (κ3) is 3.03. The summed E-state index contributed by atoms with van der Waals surface area (Å²) in [4.78, 5) is 13.0. The zero-order valence-electron chi connectivity index (χ0n) is 12.2. The molecule has 0 bridgehead atoms. The van der Waals surface area contributed by atoms with Crippen molar-refractivity contribution in [3.63, 3.8) is 0 Å². The Kier molecular flexibility index (Phi) is 3.86. The highest BCUT2D eigenvalue weighted by molar-refractivity contribution is 7.99. The van der Waals surface area contributed by atoms with Gasteiger partial charge in [0.1, 0.15) is 16.9 Å². The van der Waals surface area contributed by atoms with Gasteiger partial charge in [0.2, 0.25) is 5.95 Å². The van der Waals surface area contributed by atoms with Gasteiger partial charge in [0.15, 0.2) is 5.65 Å². The first kappa shape index (κ1) is 14.3. The first-order valence-corrected chi connectivity index (χ1v) is 8.01. The minimum absolute atomic E-state index is 0.199. The molecule has 1 fully saturated rings. The lowest BCUT2D eigenvalue weighted by atomic mass is 10.3. The average Bonchev–Trinajstić information content (AvgIpc) is 3.08. The van der Waals surface area contributed by atoms with E-state index in [1.165, 1.54) is 5.57 Å². The lowest BCUT2D eigenvalue weighted by molar-refractivity contribution is 0.281. The Morgan fingerprint density at radius 1 is 1.52 bits per heavy atom. The number of nitrogens with zero attached hydrogens (tertiary/aromatic N) is 4. The maximum atomic E-state index is 9.11. The van der Waals surface area contributed by atoms with Crippen LogP contribution in [-0.2, 0) is 0 Å². The molecule has 2 heterocycles. The number of fused-ring (bicyclic) bond motifs is 1. The van der Waals surface area contributed by atoms with Crippen LogP contribution in [0.4, 0.5) is 5.95 Å². The summed E-state index contributed by atoms with van der Waals surface area (Å²) < 4.78 is 1.87. The van der Waals surface area contributed by atoms with E-state index in [1.807, 2.05) is 10.8 Å². The smallest absolute Gasteiger partial charge is 0.223 e. The van der Waals surface area contributed by atoms with Crippen LogP contribution in [0.2, 0.25) is 0 Å². The molecular formula is C14H19N5OS. The van der Waals surface area contributed by atoms with Crippen LogP contribution in [0.25, 0.3) is 17.4 Å². The minimum Gasteiger partial charge on any atom is -0.396 e. The van der Waals surface area contributed by atoms with Gasteiger partial charge in [-0.25, -0.2) is 9.97 Å². The van der Waals surface area contributed by atoms with E-state index in [-0.39, 0.29) is 18.5 Å². The predicted molar refractivity (Wildman–Crippen MR) is 84.8 cm³/mol. The molecule has 3 rings (SSSR count). The SMILES string of the molecule is CC(C)CSc1nc(N)nc2c1ncn2/C=C1/C[C@@H]1CO. The van der Waals surface area contributed by atoms with Crippen LogP contribution in [0.15, 0.2) is 16.9 Å². The normalized spacial score (nSPS) is 19.8. The van der Waals surface area contributed by atoms with E-state index in [1.54, 1.807) is 18.1 Å². The van der Waals surface area contributed by atoms with Crippen molar-refractivity contribution in [2.75, 3.05) is 18.1 Å². The largest absolute Gasteiger partial charge is 0.396 e. The molecule has 0 amide bonds. The quantitative estimate of drug-likeness (QED) is 0.649. The maximum Gasteiger partial charge on any atom is 0.223 e. The van der Waals surface area contributed by atoms with Gasteiger partial charge < -0.3 is 10.8 Å². The van der Waals surface area contributed by atoms with E-state index in [0.29, 0.717) is 5.92 Å². The van der Waals surface area contributed by atoms with Gasteiger partial charge >= 0.3 is 0 Å². The molecule has 1 atom stereocenters. The first-order valence-electron chi connectivity index (χ1n) is 7.02. The Hall–Kier alpha value is -1.60. The number of aliphatic hydroxyl groups excluding tert-OH is 1. The molecule has 0 saturated heterocycles. The molecule has 0 radical (unpaired) electrons. The van der Waals surface area contributed by atoms with E-state index in [0.717, 1.165) is 28.4 Å². The molecule has 0 spiro atoms. The number of hydrogen-bond donors (Lipinski definition) is 2. The Morgan fingerprint density at radius 3 is 3.00 bits per heavy atom. The van der Waals surface area contributed by atoms with Gasteiger partial charge in [-0.1, -0.05) is 13.8 Å². The van der Waals surface area contributed by atoms with Gasteiger partial charge in [-0.2, -0.15) is 4.98 Å². The molecule has 0 unspecified atom stereocenters. The number of nitrogens with two attached hydrogens (primary N) is 1. The average molecular weight is 305 g/mol. The van der Waals surface area contributed by atoms with Crippen molar-refractivity contribution in [1.29, 1.82) is 0 Å². The molecule has 2 aromatic rings. The van der Waals surface area contributed by atoms with Gasteiger partial charge in [-0.3, -0.25) is 4.57 Å². The second kappa shape index (κ2) is 5.65. The lowest BCUT2D eigenvalue weighted by Crippen LogP contribution is -2.00. The van der Waals surface area contributed by atoms with E-state index in [4.69, 9.17) is 10.8 Å². The first-order chi connectivity index (χ1) is 10.1. The second-order valence-corrected chi connectivity index (χ2v) is 6.71. The molecule has 112 valence electrons. The summed E-state index contributed by atoms with van der Waals surface area (Å²) in [6.45, 7) is 4.53. The highest BCUT2D eigenvalue weighted by Crippen LogP contribution is 2.38. The summed E-state index contributed by atoms with van der Waals surface area (Å²) in [6.07, 6.45) is 4.66. The maximum absolute atomic E-state index is 9.11. The molecule has 0 aromatic carbocycles. The fourth-order valence-electron chi connectivity index (χ4n) is 2.09. The fourth-order valence-corrected chi connectivity index (χ4v) is 3.02. The Bertz CT molecular complexity index is 694. The second-order valence-electron chi connectivity index (χ2n) is 5.70. The van der Waals surface area contributed by atoms with Crippen LogP contribution in [0.1, 0.15) is 20.3 Å². The van der Waals surface area contributed by atoms with E-state index >= 15 is 0 Å². The molecule has 1 saturated carbocycles. The van der Waals surface area contributed by atoms with Crippen molar-refractivity contribution in [2.24, 2.45) is 11.8 Å². The van der Waals surface area contributed by atoms with Crippen LogP contribution in [-0.4, -0.2) is 37.0 Å². The number of aliphatic hydroxyl groups is 1. The number of imidazole rings is 1. The van der Waals surface area contributed by atoms with Gasteiger partial charge in [-0.05, 0) is 17.9 Å². The van der Waals surface area contributed by atoms with Crippen molar-refractivity contribution < 1.29 is 5.11 Å². The van der Waals surface area contributed by atoms with E-state index in [2.05, 4.69) is 28.8 Å². The number of rotatable bonds is 5. The molecular weight excluding hydrogens is 286 g/mol. The third-order valence-electron chi connectivity index (χ3n) is 3.33. The molecule has 6 nitrogen and oxygen atoms in total. The van der Waals surface area contributed by atoms with Crippen molar-refractivity contribution in [3.05, 3.63) is 11.9 Å². The number of hydrogen-bond acceptors (Lipinski definition) is 6. The van der Waals surface area contributed by atoms with Crippen LogP contribution >= 0.6 is 11.8 Å². The summed E-state index contributed by atoms with van der Waals surface area (Å²) in [5.41, 5.74) is 8.55. The summed E-state index contributed by atoms with van der Waals surface area (Å²) >= 11 is 1.66. The van der Waals surface area contributed by atoms with E-state index < -0.39 is 0 Å². The van der Waals surface area contributed by atoms with Crippen molar-refractivity contribution in [1.82, 2.24) is 19.5 Å². The zero-order valence-corrected chi connectivity index (χ0v) is 13.0. The van der Waals surface area contributed by atoms with Gasteiger partial charge in [0.25, 0.3) is 0 Å². The highest BCUT2D eigenvalue weighted by Gasteiger charge is 2.29. The molecule has 2 aromatic heterocycles. The van der Waals surface area contributed by atoms with E-state index in [9.17, 15) is 0 Å². The van der Waals surface area contributed by atoms with Crippen LogP contribution in [0.5, 0.6) is 0 Å². The van der Waals surface area contributed by atoms with Crippen LogP contribution in [0, 0.1) is 11.8 Å². The zero-order chi connectivity index (χ0) is 15.0. The molecule has 0 aliphatic heterocycles. The van der Waals surface area contributed by atoms with Crippen molar-refractivity contribution in [3.8, 4) is 0 Å². The Labute approximate surface area is 127 Å².